The summed E-state index contributed by atoms with van der Waals surface area (Å²) in [5, 5.41) is 0. The molecule has 2 aromatic rings. The Morgan fingerprint density at radius 3 is 2.16 bits per heavy atom. The summed E-state index contributed by atoms with van der Waals surface area (Å²) in [6, 6.07) is 5.52. The third-order valence-corrected chi connectivity index (χ3v) is 6.78. The predicted octanol–water partition coefficient (Wildman–Crippen LogP) is 2.09. The summed E-state index contributed by atoms with van der Waals surface area (Å²) in [4.78, 5) is 17.3. The number of aromatic amines is 1. The lowest BCUT2D eigenvalue weighted by Crippen LogP contribution is -2.50. The fourth-order valence-corrected chi connectivity index (χ4v) is 5.31. The Morgan fingerprint density at radius 1 is 1.04 bits per heavy atom. The lowest BCUT2D eigenvalue weighted by Gasteiger charge is -2.34. The van der Waals surface area contributed by atoms with Crippen molar-refractivity contribution in [3.63, 3.8) is 0 Å². The van der Waals surface area contributed by atoms with Gasteiger partial charge in [0.15, 0.2) is 0 Å². The maximum atomic E-state index is 13.1. The Morgan fingerprint density at radius 2 is 1.64 bits per heavy atom. The third kappa shape index (κ3) is 3.34. The zero-order valence-corrected chi connectivity index (χ0v) is 15.6. The molecule has 0 saturated carbocycles. The van der Waals surface area contributed by atoms with E-state index in [2.05, 4.69) is 4.98 Å². The number of carbonyl (C=O) groups is 1. The maximum absolute atomic E-state index is 13.1. The molecule has 6 nitrogen and oxygen atoms in total. The van der Waals surface area contributed by atoms with E-state index < -0.39 is 10.0 Å². The lowest BCUT2D eigenvalue weighted by molar-refractivity contribution is 0.0698. The minimum atomic E-state index is -3.55. The second kappa shape index (κ2) is 6.65. The molecule has 1 aromatic carbocycles. The second-order valence-electron chi connectivity index (χ2n) is 6.52. The molecule has 0 aliphatic carbocycles. The number of carbonyl (C=O) groups excluding carboxylic acids is 1. The van der Waals surface area contributed by atoms with E-state index in [1.165, 1.54) is 4.31 Å². The Balaban J connectivity index is 1.77. The Labute approximate surface area is 148 Å². The van der Waals surface area contributed by atoms with Crippen LogP contribution in [0.2, 0.25) is 0 Å². The van der Waals surface area contributed by atoms with Crippen molar-refractivity contribution in [3.8, 4) is 0 Å². The zero-order valence-electron chi connectivity index (χ0n) is 14.7. The standard InChI is InChI=1S/C18H23N3O3S/c1-13-10-14(2)17(15(3)11-13)25(23,24)21-8-6-20(7-9-21)18(22)16-4-5-19-12-16/h4-5,10-12,19H,6-9H2,1-3H3. The van der Waals surface area contributed by atoms with E-state index in [0.717, 1.165) is 16.7 Å². The van der Waals surface area contributed by atoms with Gasteiger partial charge >= 0.3 is 0 Å². The van der Waals surface area contributed by atoms with Gasteiger partial charge in [-0.3, -0.25) is 4.79 Å². The first-order valence-electron chi connectivity index (χ1n) is 8.31. The van der Waals surface area contributed by atoms with Gasteiger partial charge in [0.25, 0.3) is 5.91 Å². The van der Waals surface area contributed by atoms with Crippen molar-refractivity contribution >= 4 is 15.9 Å². The van der Waals surface area contributed by atoms with Crippen molar-refractivity contribution in [1.29, 1.82) is 0 Å². The zero-order chi connectivity index (χ0) is 18.2. The van der Waals surface area contributed by atoms with Gasteiger partial charge < -0.3 is 9.88 Å². The van der Waals surface area contributed by atoms with E-state index in [-0.39, 0.29) is 5.91 Å². The number of amides is 1. The van der Waals surface area contributed by atoms with Crippen molar-refractivity contribution in [2.45, 2.75) is 25.7 Å². The topological polar surface area (TPSA) is 73.5 Å². The number of rotatable bonds is 3. The van der Waals surface area contributed by atoms with Crippen LogP contribution in [0.4, 0.5) is 0 Å². The van der Waals surface area contributed by atoms with E-state index >= 15 is 0 Å². The Kier molecular flexibility index (Phi) is 4.71. The quantitative estimate of drug-likeness (QED) is 0.910. The second-order valence-corrected chi connectivity index (χ2v) is 8.40. The number of piperazine rings is 1. The summed E-state index contributed by atoms with van der Waals surface area (Å²) >= 11 is 0. The molecule has 0 atom stereocenters. The van der Waals surface area contributed by atoms with Gasteiger partial charge in [-0.1, -0.05) is 17.7 Å². The van der Waals surface area contributed by atoms with Gasteiger partial charge in [-0.25, -0.2) is 8.42 Å². The molecule has 1 aliphatic rings. The Bertz CT molecular complexity index is 857. The highest BCUT2D eigenvalue weighted by molar-refractivity contribution is 7.89. The first-order valence-corrected chi connectivity index (χ1v) is 9.75. The molecule has 1 aromatic heterocycles. The average Bonchev–Trinajstić information content (AvgIpc) is 3.07. The van der Waals surface area contributed by atoms with Crippen molar-refractivity contribution in [2.75, 3.05) is 26.2 Å². The van der Waals surface area contributed by atoms with E-state index in [9.17, 15) is 13.2 Å². The van der Waals surface area contributed by atoms with Crippen molar-refractivity contribution in [3.05, 3.63) is 52.8 Å². The van der Waals surface area contributed by atoms with Gasteiger partial charge in [-0.15, -0.1) is 0 Å². The summed E-state index contributed by atoms with van der Waals surface area (Å²) in [5.74, 6) is -0.0685. The molecule has 2 heterocycles. The number of aryl methyl sites for hydroxylation is 3. The van der Waals surface area contributed by atoms with E-state index in [1.807, 2.05) is 32.9 Å². The molecule has 1 N–H and O–H groups in total. The normalized spacial score (nSPS) is 16.2. The number of hydrogen-bond acceptors (Lipinski definition) is 3. The summed E-state index contributed by atoms with van der Waals surface area (Å²) < 4.78 is 27.6. The summed E-state index contributed by atoms with van der Waals surface area (Å²) in [6.45, 7) is 7.04. The SMILES string of the molecule is Cc1cc(C)c(S(=O)(=O)N2CCN(C(=O)c3cc[nH]c3)CC2)c(C)c1. The summed E-state index contributed by atoms with van der Waals surface area (Å²) in [5.41, 5.74) is 3.18. The number of sulfonamides is 1. The molecule has 0 radical (unpaired) electrons. The van der Waals surface area contributed by atoms with Gasteiger partial charge in [-0.05, 0) is 38.0 Å². The molecule has 0 bridgehead atoms. The first kappa shape index (κ1) is 17.7. The van der Waals surface area contributed by atoms with Crippen LogP contribution in [0.25, 0.3) is 0 Å². The molecule has 0 unspecified atom stereocenters. The first-order chi connectivity index (χ1) is 11.8. The largest absolute Gasteiger partial charge is 0.367 e. The average molecular weight is 361 g/mol. The Hall–Kier alpha value is -2.12. The van der Waals surface area contributed by atoms with Crippen LogP contribution < -0.4 is 0 Å². The van der Waals surface area contributed by atoms with Crippen LogP contribution >= 0.6 is 0 Å². The predicted molar refractivity (Wildman–Crippen MR) is 96.1 cm³/mol. The number of nitrogens with zero attached hydrogens (tertiary/aromatic N) is 2. The van der Waals surface area contributed by atoms with Gasteiger partial charge in [0.1, 0.15) is 0 Å². The van der Waals surface area contributed by atoms with Crippen LogP contribution in [-0.2, 0) is 10.0 Å². The number of H-pyrrole nitrogens is 1. The van der Waals surface area contributed by atoms with Gasteiger partial charge in [0.2, 0.25) is 10.0 Å². The van der Waals surface area contributed by atoms with Crippen LogP contribution in [0.15, 0.2) is 35.5 Å². The molecule has 0 spiro atoms. The lowest BCUT2D eigenvalue weighted by atomic mass is 10.1. The summed E-state index contributed by atoms with van der Waals surface area (Å²) in [6.07, 6.45) is 3.36. The molecule has 3 rings (SSSR count). The van der Waals surface area contributed by atoms with Crippen LogP contribution in [0.3, 0.4) is 0 Å². The molecule has 1 aliphatic heterocycles. The molecule has 1 saturated heterocycles. The monoisotopic (exact) mass is 361 g/mol. The van der Waals surface area contributed by atoms with Crippen molar-refractivity contribution in [1.82, 2.24) is 14.2 Å². The highest BCUT2D eigenvalue weighted by Crippen LogP contribution is 2.26. The van der Waals surface area contributed by atoms with E-state index in [1.54, 1.807) is 23.4 Å². The maximum Gasteiger partial charge on any atom is 0.255 e. The highest BCUT2D eigenvalue weighted by Gasteiger charge is 2.32. The van der Waals surface area contributed by atoms with Crippen LogP contribution in [-0.4, -0.2) is 54.7 Å². The number of aromatic nitrogens is 1. The van der Waals surface area contributed by atoms with E-state index in [4.69, 9.17) is 0 Å². The fourth-order valence-electron chi connectivity index (χ4n) is 3.47. The van der Waals surface area contributed by atoms with E-state index in [0.29, 0.717) is 36.6 Å². The molecule has 1 amide bonds. The number of nitrogens with one attached hydrogen (secondary N) is 1. The van der Waals surface area contributed by atoms with Crippen molar-refractivity contribution < 1.29 is 13.2 Å². The van der Waals surface area contributed by atoms with Crippen LogP contribution in [0, 0.1) is 20.8 Å². The highest BCUT2D eigenvalue weighted by atomic mass is 32.2. The third-order valence-electron chi connectivity index (χ3n) is 4.57. The fraction of sp³-hybridized carbons (Fsp3) is 0.389. The molecule has 25 heavy (non-hydrogen) atoms. The number of benzene rings is 1. The van der Waals surface area contributed by atoms with Gasteiger partial charge in [-0.2, -0.15) is 4.31 Å². The smallest absolute Gasteiger partial charge is 0.255 e. The van der Waals surface area contributed by atoms with Gasteiger partial charge in [0.05, 0.1) is 10.5 Å². The molecular weight excluding hydrogens is 338 g/mol. The molecule has 134 valence electrons. The molecular formula is C18H23N3O3S. The minimum Gasteiger partial charge on any atom is -0.367 e. The summed E-state index contributed by atoms with van der Waals surface area (Å²) in [7, 11) is -3.55. The van der Waals surface area contributed by atoms with Gasteiger partial charge in [0, 0.05) is 38.6 Å². The molecule has 1 fully saturated rings. The number of hydrogen-bond donors (Lipinski definition) is 1. The van der Waals surface area contributed by atoms with Crippen LogP contribution in [0.5, 0.6) is 0 Å². The minimum absolute atomic E-state index is 0.0685. The van der Waals surface area contributed by atoms with Crippen molar-refractivity contribution in [2.24, 2.45) is 0 Å². The molecule has 7 heteroatoms. The van der Waals surface area contributed by atoms with Crippen LogP contribution in [0.1, 0.15) is 27.0 Å².